The molecule has 0 unspecified atom stereocenters. The summed E-state index contributed by atoms with van der Waals surface area (Å²) in [5.74, 6) is -0.547. The molecule has 0 bridgehead atoms. The predicted octanol–water partition coefficient (Wildman–Crippen LogP) is 3.14. The monoisotopic (exact) mass is 401 g/mol. The minimum atomic E-state index is -1.33. The summed E-state index contributed by atoms with van der Waals surface area (Å²) in [7, 11) is 0. The van der Waals surface area contributed by atoms with E-state index in [2.05, 4.69) is 10.6 Å². The number of nitrogens with zero attached hydrogens (tertiary/aromatic N) is 1. The Hall–Kier alpha value is -3.06. The number of nitrogens with one attached hydrogen (secondary N) is 2. The number of rotatable bonds is 6. The number of ether oxygens (including phenoxy) is 1. The molecule has 1 heterocycles. The van der Waals surface area contributed by atoms with Gasteiger partial charge in [0.1, 0.15) is 17.8 Å². The van der Waals surface area contributed by atoms with E-state index >= 15 is 0 Å². The number of hydrogen-bond acceptors (Lipinski definition) is 4. The van der Waals surface area contributed by atoms with Crippen LogP contribution in [-0.2, 0) is 15.1 Å². The second-order valence-electron chi connectivity index (χ2n) is 6.40. The fraction of sp³-hybridized carbons (Fsp3) is 0.250. The molecule has 0 radical (unpaired) electrons. The Morgan fingerprint density at radius 3 is 2.57 bits per heavy atom. The quantitative estimate of drug-likeness (QED) is 0.728. The van der Waals surface area contributed by atoms with Crippen LogP contribution >= 0.6 is 11.6 Å². The Morgan fingerprint density at radius 1 is 1.18 bits per heavy atom. The van der Waals surface area contributed by atoms with Crippen LogP contribution in [0.25, 0.3) is 0 Å². The van der Waals surface area contributed by atoms with Gasteiger partial charge in [-0.15, -0.1) is 0 Å². The highest BCUT2D eigenvalue weighted by atomic mass is 35.5. The van der Waals surface area contributed by atoms with Gasteiger partial charge in [-0.25, -0.2) is 4.79 Å². The third-order valence-electron chi connectivity index (χ3n) is 4.45. The van der Waals surface area contributed by atoms with Gasteiger partial charge in [-0.2, -0.15) is 0 Å². The first-order valence-electron chi connectivity index (χ1n) is 8.77. The molecule has 1 atom stereocenters. The van der Waals surface area contributed by atoms with Crippen LogP contribution in [0.15, 0.2) is 48.5 Å². The third-order valence-corrected chi connectivity index (χ3v) is 4.78. The summed E-state index contributed by atoms with van der Waals surface area (Å²) in [6.07, 6.45) is 0. The van der Waals surface area contributed by atoms with Crippen LogP contribution in [0.5, 0.6) is 5.75 Å². The lowest BCUT2D eigenvalue weighted by molar-refractivity contribution is -0.133. The van der Waals surface area contributed by atoms with Crippen LogP contribution in [0.4, 0.5) is 10.5 Å². The van der Waals surface area contributed by atoms with Gasteiger partial charge in [-0.3, -0.25) is 14.5 Å². The summed E-state index contributed by atoms with van der Waals surface area (Å²) in [6, 6.07) is 13.1. The maximum Gasteiger partial charge on any atom is 0.325 e. The van der Waals surface area contributed by atoms with Gasteiger partial charge < -0.3 is 15.4 Å². The Morgan fingerprint density at radius 2 is 1.86 bits per heavy atom. The molecule has 7 nitrogen and oxygen atoms in total. The molecule has 1 fully saturated rings. The number of halogens is 1. The summed E-state index contributed by atoms with van der Waals surface area (Å²) in [5, 5.41) is 5.67. The highest BCUT2D eigenvalue weighted by Crippen LogP contribution is 2.33. The van der Waals surface area contributed by atoms with Gasteiger partial charge in [-0.05, 0) is 32.0 Å². The van der Waals surface area contributed by atoms with E-state index in [9.17, 15) is 14.4 Å². The molecule has 0 aliphatic carbocycles. The van der Waals surface area contributed by atoms with Crippen molar-refractivity contribution in [3.63, 3.8) is 0 Å². The lowest BCUT2D eigenvalue weighted by Crippen LogP contribution is -2.42. The van der Waals surface area contributed by atoms with Gasteiger partial charge in [0.2, 0.25) is 5.91 Å². The first kappa shape index (κ1) is 19.7. The lowest BCUT2D eigenvalue weighted by atomic mass is 9.92. The summed E-state index contributed by atoms with van der Waals surface area (Å²) in [4.78, 5) is 38.7. The SMILES string of the molecule is CCOc1ccccc1NC(=O)CN1C(=O)N[C@@](C)(c2ccccc2Cl)C1=O. The van der Waals surface area contributed by atoms with Crippen molar-refractivity contribution in [1.82, 2.24) is 10.2 Å². The zero-order chi connectivity index (χ0) is 20.3. The maximum absolute atomic E-state index is 12.9. The van der Waals surface area contributed by atoms with Crippen LogP contribution in [0.3, 0.4) is 0 Å². The smallest absolute Gasteiger partial charge is 0.325 e. The van der Waals surface area contributed by atoms with E-state index in [1.54, 1.807) is 55.5 Å². The van der Waals surface area contributed by atoms with Gasteiger partial charge in [0.05, 0.1) is 12.3 Å². The lowest BCUT2D eigenvalue weighted by Gasteiger charge is -2.23. The molecule has 1 saturated heterocycles. The summed E-state index contributed by atoms with van der Waals surface area (Å²) < 4.78 is 5.46. The Labute approximate surface area is 167 Å². The van der Waals surface area contributed by atoms with Crippen molar-refractivity contribution in [3.05, 3.63) is 59.1 Å². The number of imide groups is 1. The molecule has 2 N–H and O–H groups in total. The Balaban J connectivity index is 1.76. The van der Waals surface area contributed by atoms with E-state index in [1.807, 2.05) is 6.92 Å². The van der Waals surface area contributed by atoms with Crippen LogP contribution in [0, 0.1) is 0 Å². The normalized spacial score (nSPS) is 18.8. The molecular weight excluding hydrogens is 382 g/mol. The van der Waals surface area contributed by atoms with Crippen molar-refractivity contribution in [3.8, 4) is 5.75 Å². The predicted molar refractivity (Wildman–Crippen MR) is 105 cm³/mol. The first-order chi connectivity index (χ1) is 13.4. The minimum Gasteiger partial charge on any atom is -0.492 e. The average molecular weight is 402 g/mol. The topological polar surface area (TPSA) is 87.7 Å². The van der Waals surface area contributed by atoms with E-state index in [4.69, 9.17) is 16.3 Å². The second-order valence-corrected chi connectivity index (χ2v) is 6.81. The second kappa shape index (κ2) is 7.90. The molecule has 3 rings (SSSR count). The number of urea groups is 1. The van der Waals surface area contributed by atoms with Crippen molar-refractivity contribution in [2.75, 3.05) is 18.5 Å². The molecule has 1 aliphatic rings. The molecule has 4 amide bonds. The fourth-order valence-electron chi connectivity index (χ4n) is 3.07. The van der Waals surface area contributed by atoms with Crippen molar-refractivity contribution >= 4 is 35.1 Å². The molecular formula is C20H20ClN3O4. The molecule has 146 valence electrons. The highest BCUT2D eigenvalue weighted by Gasteiger charge is 2.50. The van der Waals surface area contributed by atoms with E-state index in [1.165, 1.54) is 0 Å². The van der Waals surface area contributed by atoms with Gasteiger partial charge in [0.15, 0.2) is 0 Å². The molecule has 0 spiro atoms. The number of carbonyl (C=O) groups is 3. The molecule has 8 heteroatoms. The van der Waals surface area contributed by atoms with Crippen LogP contribution < -0.4 is 15.4 Å². The van der Waals surface area contributed by atoms with E-state index < -0.39 is 29.9 Å². The van der Waals surface area contributed by atoms with E-state index in [0.717, 1.165) is 4.90 Å². The Kier molecular flexibility index (Phi) is 5.56. The van der Waals surface area contributed by atoms with E-state index in [0.29, 0.717) is 28.6 Å². The molecule has 2 aromatic rings. The Bertz CT molecular complexity index is 933. The van der Waals surface area contributed by atoms with Gasteiger partial charge in [0, 0.05) is 10.6 Å². The molecule has 28 heavy (non-hydrogen) atoms. The standard InChI is InChI=1S/C20H20ClN3O4/c1-3-28-16-11-7-6-10-15(16)22-17(25)12-24-18(26)20(2,23-19(24)27)13-8-4-5-9-14(13)21/h4-11H,3,12H2,1-2H3,(H,22,25)(H,23,27)/t20-/m0/s1. The largest absolute Gasteiger partial charge is 0.492 e. The van der Waals surface area contributed by atoms with Crippen molar-refractivity contribution in [2.45, 2.75) is 19.4 Å². The van der Waals surface area contributed by atoms with E-state index in [-0.39, 0.29) is 0 Å². The fourth-order valence-corrected chi connectivity index (χ4v) is 3.40. The number of hydrogen-bond donors (Lipinski definition) is 2. The van der Waals surface area contributed by atoms with Crippen LogP contribution in [0.2, 0.25) is 5.02 Å². The molecule has 0 aromatic heterocycles. The van der Waals surface area contributed by atoms with Crippen molar-refractivity contribution in [2.24, 2.45) is 0 Å². The molecule has 0 saturated carbocycles. The molecule has 2 aromatic carbocycles. The first-order valence-corrected chi connectivity index (χ1v) is 9.15. The number of benzene rings is 2. The summed E-state index contributed by atoms with van der Waals surface area (Å²) >= 11 is 6.20. The van der Waals surface area contributed by atoms with Gasteiger partial charge in [-0.1, -0.05) is 41.9 Å². The van der Waals surface area contributed by atoms with Gasteiger partial charge in [0.25, 0.3) is 5.91 Å². The van der Waals surface area contributed by atoms with Gasteiger partial charge >= 0.3 is 6.03 Å². The zero-order valence-electron chi connectivity index (χ0n) is 15.5. The average Bonchev–Trinajstić information content (AvgIpc) is 2.88. The highest BCUT2D eigenvalue weighted by molar-refractivity contribution is 6.32. The number of amides is 4. The minimum absolute atomic E-state index is 0.357. The van der Waals surface area contributed by atoms with Crippen molar-refractivity contribution < 1.29 is 19.1 Å². The van der Waals surface area contributed by atoms with Crippen molar-refractivity contribution in [1.29, 1.82) is 0 Å². The molecule has 1 aliphatic heterocycles. The number of para-hydroxylation sites is 2. The summed E-state index contributed by atoms with van der Waals surface area (Å²) in [5.41, 5.74) is -0.395. The maximum atomic E-state index is 12.9. The third kappa shape index (κ3) is 3.66. The van der Waals surface area contributed by atoms with Crippen LogP contribution in [0.1, 0.15) is 19.4 Å². The zero-order valence-corrected chi connectivity index (χ0v) is 16.2. The number of anilines is 1. The number of carbonyl (C=O) groups excluding carboxylic acids is 3. The summed E-state index contributed by atoms with van der Waals surface area (Å²) in [6.45, 7) is 3.42. The van der Waals surface area contributed by atoms with Crippen LogP contribution in [-0.4, -0.2) is 35.9 Å².